The van der Waals surface area contributed by atoms with E-state index in [9.17, 15) is 13.2 Å². The summed E-state index contributed by atoms with van der Waals surface area (Å²) in [6, 6.07) is -0.543. The maximum absolute atomic E-state index is 12.3. The Bertz CT molecular complexity index is 640. The maximum Gasteiger partial charge on any atom is 0.272 e. The highest BCUT2D eigenvalue weighted by molar-refractivity contribution is 7.91. The normalized spacial score (nSPS) is 14.2. The van der Waals surface area contributed by atoms with Gasteiger partial charge in [0.25, 0.3) is 10.0 Å². The van der Waals surface area contributed by atoms with Gasteiger partial charge in [0.15, 0.2) is 0 Å². The van der Waals surface area contributed by atoms with E-state index in [1.165, 1.54) is 14.0 Å². The molecule has 10 nitrogen and oxygen atoms in total. The lowest BCUT2D eigenvalue weighted by Gasteiger charge is -2.22. The van der Waals surface area contributed by atoms with Crippen molar-refractivity contribution in [2.75, 3.05) is 12.4 Å². The smallest absolute Gasteiger partial charge is 0.272 e. The molecule has 0 aliphatic carbocycles. The molecule has 1 heterocycles. The molecule has 0 radical (unpaired) electrons. The molecule has 0 saturated carbocycles. The van der Waals surface area contributed by atoms with Crippen LogP contribution in [-0.2, 0) is 14.8 Å². The van der Waals surface area contributed by atoms with Crippen molar-refractivity contribution in [1.82, 2.24) is 14.5 Å². The molecule has 1 aromatic heterocycles. The molecule has 12 heteroatoms. The molecule has 1 rings (SSSR count). The highest BCUT2D eigenvalue weighted by atomic mass is 32.2. The molecule has 0 aliphatic heterocycles. The first kappa shape index (κ1) is 17.3. The van der Waals surface area contributed by atoms with Gasteiger partial charge in [-0.25, -0.2) is 8.42 Å². The average Bonchev–Trinajstić information content (AvgIpc) is 2.85. The molecular formula is C9H16N6O4S2. The highest BCUT2D eigenvalue weighted by Crippen LogP contribution is 2.24. The van der Waals surface area contributed by atoms with Crippen LogP contribution in [0.25, 0.3) is 0 Å². The number of amidine groups is 1. The molecule has 0 aromatic carbocycles. The molecule has 1 atom stereocenters. The van der Waals surface area contributed by atoms with E-state index in [0.717, 1.165) is 15.6 Å². The molecule has 118 valence electrons. The first-order valence-corrected chi connectivity index (χ1v) is 7.99. The van der Waals surface area contributed by atoms with E-state index in [0.29, 0.717) is 0 Å². The second-order valence-corrected chi connectivity index (χ2v) is 7.37. The number of nitrogens with zero attached hydrogens (tertiary/aromatic N) is 4. The molecule has 0 aliphatic rings. The lowest BCUT2D eigenvalue weighted by atomic mass is 10.2. The van der Waals surface area contributed by atoms with Gasteiger partial charge in [-0.15, -0.1) is 10.2 Å². The van der Waals surface area contributed by atoms with E-state index in [1.807, 2.05) is 0 Å². The largest absolute Gasteiger partial charge is 0.409 e. The molecule has 4 N–H and O–H groups in total. The van der Waals surface area contributed by atoms with Crippen molar-refractivity contribution in [3.63, 3.8) is 0 Å². The van der Waals surface area contributed by atoms with Crippen molar-refractivity contribution in [1.29, 1.82) is 0 Å². The van der Waals surface area contributed by atoms with E-state index >= 15 is 0 Å². The number of nitrogens with two attached hydrogens (primary N) is 1. The zero-order chi connectivity index (χ0) is 16.2. The predicted molar refractivity (Wildman–Crippen MR) is 76.6 cm³/mol. The molecule has 1 amide bonds. The summed E-state index contributed by atoms with van der Waals surface area (Å²) in [5.41, 5.74) is 5.36. The van der Waals surface area contributed by atoms with Crippen molar-refractivity contribution in [2.45, 2.75) is 30.6 Å². The summed E-state index contributed by atoms with van der Waals surface area (Å²) >= 11 is 0.744. The van der Waals surface area contributed by atoms with Crippen molar-refractivity contribution in [3.8, 4) is 0 Å². The van der Waals surface area contributed by atoms with Gasteiger partial charge in [0.1, 0.15) is 5.84 Å². The summed E-state index contributed by atoms with van der Waals surface area (Å²) in [6.07, 6.45) is 0.0591. The van der Waals surface area contributed by atoms with Gasteiger partial charge >= 0.3 is 0 Å². The summed E-state index contributed by atoms with van der Waals surface area (Å²) < 4.78 is 25.4. The third kappa shape index (κ3) is 4.34. The number of nitrogens with one attached hydrogen (secondary N) is 1. The van der Waals surface area contributed by atoms with Crippen LogP contribution >= 0.6 is 11.3 Å². The standard InChI is InChI=1S/C9H16N6O4S2/c1-5(4-7(10)14-17)15(3)21(18,19)9-13-12-8(20-9)11-6(2)16/h5,17H,4H2,1-3H3,(H2,10,14)(H,11,12,16). The molecular weight excluding hydrogens is 320 g/mol. The van der Waals surface area contributed by atoms with E-state index in [-0.39, 0.29) is 27.6 Å². The second kappa shape index (κ2) is 6.78. The van der Waals surface area contributed by atoms with Crippen LogP contribution in [0.4, 0.5) is 5.13 Å². The van der Waals surface area contributed by atoms with E-state index in [4.69, 9.17) is 10.9 Å². The van der Waals surface area contributed by atoms with Crippen molar-refractivity contribution >= 4 is 38.2 Å². The number of amides is 1. The van der Waals surface area contributed by atoms with Crippen molar-refractivity contribution < 1.29 is 18.4 Å². The average molecular weight is 336 g/mol. The summed E-state index contributed by atoms with van der Waals surface area (Å²) in [5.74, 6) is -0.454. The molecule has 21 heavy (non-hydrogen) atoms. The second-order valence-electron chi connectivity index (χ2n) is 4.22. The first-order chi connectivity index (χ1) is 9.68. The fraction of sp³-hybridized carbons (Fsp3) is 0.556. The van der Waals surface area contributed by atoms with Crippen LogP contribution in [0.1, 0.15) is 20.3 Å². The van der Waals surface area contributed by atoms with Gasteiger partial charge in [-0.1, -0.05) is 16.5 Å². The Morgan fingerprint density at radius 2 is 2.19 bits per heavy atom. The Hall–Kier alpha value is -1.79. The van der Waals surface area contributed by atoms with E-state index < -0.39 is 16.1 Å². The van der Waals surface area contributed by atoms with Gasteiger partial charge in [-0.2, -0.15) is 4.31 Å². The highest BCUT2D eigenvalue weighted by Gasteiger charge is 2.29. The van der Waals surface area contributed by atoms with Crippen molar-refractivity contribution in [3.05, 3.63) is 0 Å². The first-order valence-electron chi connectivity index (χ1n) is 5.74. The van der Waals surface area contributed by atoms with Crippen molar-refractivity contribution in [2.24, 2.45) is 10.9 Å². The molecule has 0 fully saturated rings. The lowest BCUT2D eigenvalue weighted by Crippen LogP contribution is -2.37. The van der Waals surface area contributed by atoms with E-state index in [2.05, 4.69) is 20.7 Å². The minimum Gasteiger partial charge on any atom is -0.409 e. The SMILES string of the molecule is CC(=O)Nc1nnc(S(=O)(=O)N(C)C(C)CC(N)=NO)s1. The molecule has 0 saturated heterocycles. The predicted octanol–water partition coefficient (Wildman–Crippen LogP) is -0.358. The Balaban J connectivity index is 2.94. The van der Waals surface area contributed by atoms with Gasteiger partial charge in [-0.3, -0.25) is 4.79 Å². The minimum atomic E-state index is -3.87. The quantitative estimate of drug-likeness (QED) is 0.211. The monoisotopic (exact) mass is 336 g/mol. The number of carbonyl (C=O) groups excluding carboxylic acids is 1. The fourth-order valence-electron chi connectivity index (χ4n) is 1.35. The topological polar surface area (TPSA) is 151 Å². The summed E-state index contributed by atoms with van der Waals surface area (Å²) in [7, 11) is -2.52. The number of oxime groups is 1. The maximum atomic E-state index is 12.3. The number of hydrogen-bond donors (Lipinski definition) is 3. The summed E-state index contributed by atoms with van der Waals surface area (Å²) in [5, 5.41) is 20.9. The number of anilines is 1. The Morgan fingerprint density at radius 3 is 2.71 bits per heavy atom. The Morgan fingerprint density at radius 1 is 1.57 bits per heavy atom. The number of sulfonamides is 1. The van der Waals surface area contributed by atoms with Crippen LogP contribution in [0, 0.1) is 0 Å². The lowest BCUT2D eigenvalue weighted by molar-refractivity contribution is -0.114. The minimum absolute atomic E-state index is 0.0591. The third-order valence-electron chi connectivity index (χ3n) is 2.54. The summed E-state index contributed by atoms with van der Waals surface area (Å²) in [6.45, 7) is 2.88. The van der Waals surface area contributed by atoms with Crippen LogP contribution in [0.15, 0.2) is 9.50 Å². The number of hydrogen-bond acceptors (Lipinski definition) is 8. The molecule has 0 spiro atoms. The van der Waals surface area contributed by atoms with Crippen LogP contribution in [0.5, 0.6) is 0 Å². The van der Waals surface area contributed by atoms with Crippen LogP contribution in [0.3, 0.4) is 0 Å². The Labute approximate surface area is 125 Å². The Kier molecular flexibility index (Phi) is 5.57. The van der Waals surface area contributed by atoms with Gasteiger partial charge in [-0.05, 0) is 6.92 Å². The van der Waals surface area contributed by atoms with Crippen LogP contribution in [0.2, 0.25) is 0 Å². The zero-order valence-electron chi connectivity index (χ0n) is 11.6. The zero-order valence-corrected chi connectivity index (χ0v) is 13.3. The molecule has 1 unspecified atom stereocenters. The van der Waals surface area contributed by atoms with Gasteiger partial charge < -0.3 is 16.3 Å². The third-order valence-corrected chi connectivity index (χ3v) is 5.70. The number of rotatable bonds is 6. The van der Waals surface area contributed by atoms with Crippen LogP contribution < -0.4 is 11.1 Å². The molecule has 0 bridgehead atoms. The fourth-order valence-corrected chi connectivity index (χ4v) is 3.82. The van der Waals surface area contributed by atoms with Gasteiger partial charge in [0.05, 0.1) is 0 Å². The van der Waals surface area contributed by atoms with Gasteiger partial charge in [0, 0.05) is 26.4 Å². The van der Waals surface area contributed by atoms with Gasteiger partial charge in [0.2, 0.25) is 15.4 Å². The molecule has 1 aromatic rings. The number of aromatic nitrogens is 2. The van der Waals surface area contributed by atoms with Crippen LogP contribution in [-0.4, -0.2) is 53.0 Å². The summed E-state index contributed by atoms with van der Waals surface area (Å²) in [4.78, 5) is 10.9. The number of carbonyl (C=O) groups is 1. The van der Waals surface area contributed by atoms with E-state index in [1.54, 1.807) is 6.92 Å².